The molecule has 2 atom stereocenters. The van der Waals surface area contributed by atoms with Gasteiger partial charge in [-0.3, -0.25) is 10.1 Å². The van der Waals surface area contributed by atoms with E-state index in [1.54, 1.807) is 24.3 Å². The van der Waals surface area contributed by atoms with Crippen LogP contribution in [0.2, 0.25) is 0 Å². The first-order valence-electron chi connectivity index (χ1n) is 8.64. The first-order chi connectivity index (χ1) is 12.0. The maximum atomic E-state index is 11.3. The molecule has 2 rings (SSSR count). The smallest absolute Gasteiger partial charge is 0.257 e. The number of rotatable bonds is 9. The lowest BCUT2D eigenvalue weighted by Crippen LogP contribution is -2.41. The third-order valence-corrected chi connectivity index (χ3v) is 4.07. The van der Waals surface area contributed by atoms with Crippen LogP contribution in [-0.4, -0.2) is 23.5 Å². The van der Waals surface area contributed by atoms with Gasteiger partial charge >= 0.3 is 0 Å². The molecule has 1 amide bonds. The number of nitrogens with two attached hydrogens (primary N) is 1. The van der Waals surface area contributed by atoms with Crippen molar-refractivity contribution in [3.05, 3.63) is 54.1 Å². The topological polar surface area (TPSA) is 84.6 Å². The third-order valence-electron chi connectivity index (χ3n) is 4.07. The largest absolute Gasteiger partial charge is 0.451 e. The summed E-state index contributed by atoms with van der Waals surface area (Å²) in [6, 6.07) is 14.7. The minimum absolute atomic E-state index is 0.218. The highest BCUT2D eigenvalue weighted by Crippen LogP contribution is 2.25. The van der Waals surface area contributed by atoms with E-state index in [4.69, 9.17) is 10.5 Å². The van der Waals surface area contributed by atoms with E-state index in [1.165, 1.54) is 0 Å². The molecular weight excluding hydrogens is 316 g/mol. The van der Waals surface area contributed by atoms with Gasteiger partial charge in [0.15, 0.2) is 0 Å². The molecule has 5 heteroatoms. The van der Waals surface area contributed by atoms with Crippen LogP contribution in [-0.2, 0) is 0 Å². The Bertz CT molecular complexity index is 703. The van der Waals surface area contributed by atoms with Crippen molar-refractivity contribution in [2.24, 2.45) is 5.73 Å². The van der Waals surface area contributed by atoms with Gasteiger partial charge in [0.25, 0.3) is 6.41 Å². The number of carbonyl (C=O) groups is 1. The first-order valence-corrected chi connectivity index (χ1v) is 8.64. The van der Waals surface area contributed by atoms with Crippen molar-refractivity contribution in [2.75, 3.05) is 0 Å². The highest BCUT2D eigenvalue weighted by Gasteiger charge is 2.12. The number of carbonyl (C=O) groups excluding carboxylic acids is 1. The number of hydrogen-bond acceptors (Lipinski definition) is 4. The van der Waals surface area contributed by atoms with Crippen LogP contribution in [0.1, 0.15) is 43.5 Å². The molecule has 0 aliphatic carbocycles. The number of primary amides is 1. The second-order valence-corrected chi connectivity index (χ2v) is 6.00. The zero-order valence-corrected chi connectivity index (χ0v) is 14.7. The fourth-order valence-electron chi connectivity index (χ4n) is 2.72. The van der Waals surface area contributed by atoms with E-state index in [2.05, 4.69) is 19.2 Å². The van der Waals surface area contributed by atoms with Crippen molar-refractivity contribution in [3.63, 3.8) is 0 Å². The lowest BCUT2D eigenvalue weighted by atomic mass is 10.0. The van der Waals surface area contributed by atoms with E-state index >= 15 is 0 Å². The van der Waals surface area contributed by atoms with Gasteiger partial charge in [-0.05, 0) is 48.2 Å². The Kier molecular flexibility index (Phi) is 6.98. The zero-order chi connectivity index (χ0) is 18.2. The van der Waals surface area contributed by atoms with Crippen molar-refractivity contribution in [3.8, 4) is 16.9 Å². The Labute approximate surface area is 148 Å². The summed E-state index contributed by atoms with van der Waals surface area (Å²) in [5.74, 6) is 0.0868. The number of ether oxygens (including phenoxy) is 1. The maximum absolute atomic E-state index is 11.3. The average Bonchev–Trinajstić information content (AvgIpc) is 2.61. The summed E-state index contributed by atoms with van der Waals surface area (Å²) in [5.41, 5.74) is 7.54. The number of hydrogen-bond donors (Lipinski definition) is 3. The van der Waals surface area contributed by atoms with E-state index in [9.17, 15) is 9.90 Å². The second-order valence-electron chi connectivity index (χ2n) is 6.00. The molecule has 0 aliphatic rings. The van der Waals surface area contributed by atoms with Crippen LogP contribution in [0.5, 0.6) is 5.75 Å². The third kappa shape index (κ3) is 5.59. The molecule has 134 valence electrons. The Morgan fingerprint density at radius 3 is 2.48 bits per heavy atom. The molecule has 25 heavy (non-hydrogen) atoms. The summed E-state index contributed by atoms with van der Waals surface area (Å²) in [7, 11) is 0. The molecule has 0 aromatic heterocycles. The molecule has 0 saturated heterocycles. The van der Waals surface area contributed by atoms with Crippen LogP contribution < -0.4 is 15.8 Å². The monoisotopic (exact) mass is 342 g/mol. The van der Waals surface area contributed by atoms with Gasteiger partial charge in [0.05, 0.1) is 0 Å². The van der Waals surface area contributed by atoms with E-state index in [1.807, 2.05) is 24.3 Å². The molecule has 2 unspecified atom stereocenters. The Balaban J connectivity index is 2.11. The van der Waals surface area contributed by atoms with Gasteiger partial charge < -0.3 is 15.6 Å². The number of amides is 1. The van der Waals surface area contributed by atoms with E-state index in [0.29, 0.717) is 11.3 Å². The predicted octanol–water partition coefficient (Wildman–Crippen LogP) is 3.28. The predicted molar refractivity (Wildman–Crippen MR) is 99.2 cm³/mol. The van der Waals surface area contributed by atoms with Crippen molar-refractivity contribution >= 4 is 5.91 Å². The van der Waals surface area contributed by atoms with Crippen LogP contribution >= 0.6 is 0 Å². The molecular formula is C20H26N2O3. The molecule has 0 spiro atoms. The van der Waals surface area contributed by atoms with Gasteiger partial charge in [-0.2, -0.15) is 0 Å². The molecule has 0 bridgehead atoms. The molecule has 4 N–H and O–H groups in total. The van der Waals surface area contributed by atoms with Crippen LogP contribution in [0.25, 0.3) is 11.1 Å². The lowest BCUT2D eigenvalue weighted by Gasteiger charge is -2.21. The highest BCUT2D eigenvalue weighted by atomic mass is 16.6. The molecule has 0 aliphatic heterocycles. The second kappa shape index (κ2) is 9.20. The normalized spacial score (nSPS) is 13.2. The molecule has 0 heterocycles. The minimum atomic E-state index is -1.07. The maximum Gasteiger partial charge on any atom is 0.257 e. The van der Waals surface area contributed by atoms with Gasteiger partial charge in [-0.25, -0.2) is 0 Å². The summed E-state index contributed by atoms with van der Waals surface area (Å²) in [5, 5.41) is 13.2. The molecule has 2 aromatic carbocycles. The number of benzene rings is 2. The minimum Gasteiger partial charge on any atom is -0.451 e. The van der Waals surface area contributed by atoms with Gasteiger partial charge in [0, 0.05) is 11.6 Å². The summed E-state index contributed by atoms with van der Waals surface area (Å²) in [6.45, 7) is 4.19. The van der Waals surface area contributed by atoms with Gasteiger partial charge in [-0.15, -0.1) is 0 Å². The highest BCUT2D eigenvalue weighted by molar-refractivity contribution is 5.94. The number of aliphatic hydroxyl groups excluding tert-OH is 1. The van der Waals surface area contributed by atoms with Crippen molar-refractivity contribution in [2.45, 2.75) is 45.6 Å². The van der Waals surface area contributed by atoms with Crippen molar-refractivity contribution in [1.82, 2.24) is 5.32 Å². The van der Waals surface area contributed by atoms with Crippen LogP contribution in [0, 0.1) is 0 Å². The fraction of sp³-hybridized carbons (Fsp3) is 0.350. The fourth-order valence-corrected chi connectivity index (χ4v) is 2.72. The first kappa shape index (κ1) is 19.0. The Morgan fingerprint density at radius 1 is 1.16 bits per heavy atom. The molecule has 0 radical (unpaired) electrons. The van der Waals surface area contributed by atoms with Crippen LogP contribution in [0.4, 0.5) is 0 Å². The summed E-state index contributed by atoms with van der Waals surface area (Å²) in [4.78, 5) is 11.3. The van der Waals surface area contributed by atoms with E-state index in [-0.39, 0.29) is 6.04 Å². The Hall–Kier alpha value is -2.37. The summed E-state index contributed by atoms with van der Waals surface area (Å²) >= 11 is 0. The molecule has 0 saturated carbocycles. The quantitative estimate of drug-likeness (QED) is 0.611. The summed E-state index contributed by atoms with van der Waals surface area (Å²) in [6.07, 6.45) is 1.89. The molecule has 5 nitrogen and oxygen atoms in total. The zero-order valence-electron chi connectivity index (χ0n) is 14.7. The van der Waals surface area contributed by atoms with E-state index < -0.39 is 12.3 Å². The van der Waals surface area contributed by atoms with Crippen molar-refractivity contribution < 1.29 is 14.6 Å². The molecule has 2 aromatic rings. The SMILES string of the molecule is CCCC(CC)NC(O)Oc1cccc(-c2cccc(C(N)=O)c2)c1. The van der Waals surface area contributed by atoms with Gasteiger partial charge in [0.2, 0.25) is 5.91 Å². The lowest BCUT2D eigenvalue weighted by molar-refractivity contribution is -0.0529. The Morgan fingerprint density at radius 2 is 1.84 bits per heavy atom. The van der Waals surface area contributed by atoms with Crippen LogP contribution in [0.3, 0.4) is 0 Å². The average molecular weight is 342 g/mol. The number of aliphatic hydroxyl groups is 1. The van der Waals surface area contributed by atoms with Gasteiger partial charge in [0.1, 0.15) is 5.75 Å². The van der Waals surface area contributed by atoms with Gasteiger partial charge in [-0.1, -0.05) is 44.5 Å². The standard InChI is InChI=1S/C20H26N2O3/c1-3-7-17(4-2)22-20(24)25-18-11-6-9-15(13-18)14-8-5-10-16(12-14)19(21)23/h5-6,8-13,17,20,22,24H,3-4,7H2,1-2H3,(H2,21,23). The molecule has 0 fully saturated rings. The van der Waals surface area contributed by atoms with Crippen LogP contribution in [0.15, 0.2) is 48.5 Å². The summed E-state index contributed by atoms with van der Waals surface area (Å²) < 4.78 is 5.59. The number of nitrogens with one attached hydrogen (secondary N) is 1. The van der Waals surface area contributed by atoms with E-state index in [0.717, 1.165) is 30.4 Å². The van der Waals surface area contributed by atoms with Crippen molar-refractivity contribution in [1.29, 1.82) is 0 Å².